The summed E-state index contributed by atoms with van der Waals surface area (Å²) in [5.74, 6) is -0.140. The normalized spacial score (nSPS) is 14.1. The van der Waals surface area contributed by atoms with Crippen LogP contribution in [0.4, 0.5) is 0 Å². The first kappa shape index (κ1) is 22.1. The van der Waals surface area contributed by atoms with Crippen LogP contribution in [0.25, 0.3) is 0 Å². The molecule has 0 aromatic carbocycles. The maximum atomic E-state index is 10.9. The van der Waals surface area contributed by atoms with E-state index in [9.17, 15) is 15.0 Å². The minimum absolute atomic E-state index is 0.140. The molecule has 0 saturated heterocycles. The van der Waals surface area contributed by atoms with Crippen molar-refractivity contribution in [3.8, 4) is 0 Å². The van der Waals surface area contributed by atoms with Crippen LogP contribution in [-0.2, 0) is 9.53 Å². The Morgan fingerprint density at radius 1 is 0.870 bits per heavy atom. The topological polar surface area (TPSA) is 66.8 Å². The minimum atomic E-state index is -0.463. The molecule has 0 unspecified atom stereocenters. The lowest BCUT2D eigenvalue weighted by Crippen LogP contribution is -2.06. The summed E-state index contributed by atoms with van der Waals surface area (Å²) in [4.78, 5) is 10.9. The standard InChI is InChI=1S/C19H36O4/c1-3-4-5-9-12-17(20)15-16-18(21)13-10-7-6-8-11-14-19(22)23-2/h15-18,20-21H,3-14H2,1-2H3/b16-15+/t17-,18-/m1/s1. The molecule has 0 amide bonds. The number of carbonyl (C=O) groups is 1. The smallest absolute Gasteiger partial charge is 0.305 e. The van der Waals surface area contributed by atoms with E-state index in [0.29, 0.717) is 6.42 Å². The molecular weight excluding hydrogens is 292 g/mol. The Balaban J connectivity index is 3.49. The van der Waals surface area contributed by atoms with Crippen LogP contribution in [-0.4, -0.2) is 35.5 Å². The van der Waals surface area contributed by atoms with Crippen LogP contribution in [0, 0.1) is 0 Å². The Morgan fingerprint density at radius 3 is 1.87 bits per heavy atom. The van der Waals surface area contributed by atoms with Gasteiger partial charge in [0.2, 0.25) is 0 Å². The Bertz CT molecular complexity index is 302. The van der Waals surface area contributed by atoms with E-state index in [4.69, 9.17) is 0 Å². The second-order valence-electron chi connectivity index (χ2n) is 6.25. The molecule has 0 radical (unpaired) electrons. The molecule has 2 N–H and O–H groups in total. The second-order valence-corrected chi connectivity index (χ2v) is 6.25. The van der Waals surface area contributed by atoms with E-state index in [1.807, 2.05) is 0 Å². The molecule has 0 spiro atoms. The number of aliphatic hydroxyl groups excluding tert-OH is 2. The third-order valence-corrected chi connectivity index (χ3v) is 4.02. The van der Waals surface area contributed by atoms with Crippen molar-refractivity contribution in [3.63, 3.8) is 0 Å². The molecule has 0 fully saturated rings. The fraction of sp³-hybridized carbons (Fsp3) is 0.842. The van der Waals surface area contributed by atoms with Crippen molar-refractivity contribution >= 4 is 5.97 Å². The fourth-order valence-electron chi connectivity index (χ4n) is 2.48. The van der Waals surface area contributed by atoms with Gasteiger partial charge in [0.25, 0.3) is 0 Å². The molecule has 2 atom stereocenters. The maximum absolute atomic E-state index is 10.9. The first-order valence-electron chi connectivity index (χ1n) is 9.21. The zero-order valence-corrected chi connectivity index (χ0v) is 15.0. The van der Waals surface area contributed by atoms with Crippen LogP contribution < -0.4 is 0 Å². The number of ether oxygens (including phenoxy) is 1. The van der Waals surface area contributed by atoms with Gasteiger partial charge in [0.1, 0.15) is 0 Å². The van der Waals surface area contributed by atoms with Gasteiger partial charge in [-0.3, -0.25) is 4.79 Å². The van der Waals surface area contributed by atoms with Crippen LogP contribution in [0.3, 0.4) is 0 Å². The van der Waals surface area contributed by atoms with Crippen LogP contribution in [0.2, 0.25) is 0 Å². The first-order chi connectivity index (χ1) is 11.1. The summed E-state index contributed by atoms with van der Waals surface area (Å²) in [5, 5.41) is 19.7. The van der Waals surface area contributed by atoms with Gasteiger partial charge >= 0.3 is 5.97 Å². The zero-order valence-electron chi connectivity index (χ0n) is 15.0. The Kier molecular flexibility index (Phi) is 15.4. The summed E-state index contributed by atoms with van der Waals surface area (Å²) < 4.78 is 4.59. The van der Waals surface area contributed by atoms with Crippen molar-refractivity contribution < 1.29 is 19.7 Å². The van der Waals surface area contributed by atoms with E-state index in [0.717, 1.165) is 51.4 Å². The van der Waals surface area contributed by atoms with E-state index in [2.05, 4.69) is 11.7 Å². The van der Waals surface area contributed by atoms with Gasteiger partial charge in [-0.15, -0.1) is 0 Å². The molecule has 4 heteroatoms. The Hall–Kier alpha value is -0.870. The first-order valence-corrected chi connectivity index (χ1v) is 9.21. The van der Waals surface area contributed by atoms with E-state index in [1.165, 1.54) is 26.4 Å². The predicted octanol–water partition coefficient (Wildman–Crippen LogP) is 4.14. The van der Waals surface area contributed by atoms with E-state index >= 15 is 0 Å². The van der Waals surface area contributed by atoms with Gasteiger partial charge in [0.05, 0.1) is 19.3 Å². The molecule has 23 heavy (non-hydrogen) atoms. The van der Waals surface area contributed by atoms with Gasteiger partial charge in [-0.05, 0) is 19.3 Å². The summed E-state index contributed by atoms with van der Waals surface area (Å²) in [5.41, 5.74) is 0. The highest BCUT2D eigenvalue weighted by Gasteiger charge is 2.03. The summed E-state index contributed by atoms with van der Waals surface area (Å²) >= 11 is 0. The molecule has 0 heterocycles. The second kappa shape index (κ2) is 16.0. The number of methoxy groups -OCH3 is 1. The third kappa shape index (κ3) is 15.8. The third-order valence-electron chi connectivity index (χ3n) is 4.02. The van der Waals surface area contributed by atoms with Crippen molar-refractivity contribution in [2.45, 2.75) is 96.2 Å². The number of unbranched alkanes of at least 4 members (excludes halogenated alkanes) is 7. The van der Waals surface area contributed by atoms with Gasteiger partial charge in [0.15, 0.2) is 0 Å². The number of aliphatic hydroxyl groups is 2. The van der Waals surface area contributed by atoms with Crippen LogP contribution in [0.15, 0.2) is 12.2 Å². The van der Waals surface area contributed by atoms with Gasteiger partial charge < -0.3 is 14.9 Å². The summed E-state index contributed by atoms with van der Waals surface area (Å²) in [7, 11) is 1.42. The molecule has 0 aliphatic heterocycles. The number of hydrogen-bond acceptors (Lipinski definition) is 4. The Morgan fingerprint density at radius 2 is 1.35 bits per heavy atom. The van der Waals surface area contributed by atoms with Gasteiger partial charge in [0, 0.05) is 6.42 Å². The van der Waals surface area contributed by atoms with Crippen molar-refractivity contribution in [1.82, 2.24) is 0 Å². The lowest BCUT2D eigenvalue weighted by atomic mass is 10.1. The van der Waals surface area contributed by atoms with E-state index in [-0.39, 0.29) is 5.97 Å². The van der Waals surface area contributed by atoms with Crippen molar-refractivity contribution in [2.24, 2.45) is 0 Å². The number of hydrogen-bond donors (Lipinski definition) is 2. The molecule has 0 bridgehead atoms. The molecule has 0 aliphatic carbocycles. The SMILES string of the molecule is CCCCCC[C@@H](O)/C=C/[C@H](O)CCCCCCCC(=O)OC. The molecule has 0 aromatic rings. The fourth-order valence-corrected chi connectivity index (χ4v) is 2.48. The number of carbonyl (C=O) groups excluding carboxylic acids is 1. The minimum Gasteiger partial charge on any atom is -0.469 e. The zero-order chi connectivity index (χ0) is 17.3. The average molecular weight is 328 g/mol. The Labute approximate surface area is 141 Å². The molecule has 4 nitrogen and oxygen atoms in total. The van der Waals surface area contributed by atoms with Gasteiger partial charge in [-0.25, -0.2) is 0 Å². The molecule has 0 aliphatic rings. The summed E-state index contributed by atoms with van der Waals surface area (Å²) in [6, 6.07) is 0. The average Bonchev–Trinajstić information content (AvgIpc) is 2.55. The highest BCUT2D eigenvalue weighted by atomic mass is 16.5. The van der Waals surface area contributed by atoms with Crippen LogP contribution >= 0.6 is 0 Å². The highest BCUT2D eigenvalue weighted by Crippen LogP contribution is 2.11. The van der Waals surface area contributed by atoms with Crippen LogP contribution in [0.5, 0.6) is 0 Å². The maximum Gasteiger partial charge on any atom is 0.305 e. The van der Waals surface area contributed by atoms with E-state index < -0.39 is 12.2 Å². The monoisotopic (exact) mass is 328 g/mol. The van der Waals surface area contributed by atoms with E-state index in [1.54, 1.807) is 12.2 Å². The van der Waals surface area contributed by atoms with Gasteiger partial charge in [-0.1, -0.05) is 70.4 Å². The van der Waals surface area contributed by atoms with Crippen molar-refractivity contribution in [3.05, 3.63) is 12.2 Å². The predicted molar refractivity (Wildman–Crippen MR) is 94.2 cm³/mol. The molecule has 0 aromatic heterocycles. The molecule has 136 valence electrons. The number of esters is 1. The quantitative estimate of drug-likeness (QED) is 0.269. The molecule has 0 saturated carbocycles. The number of rotatable bonds is 15. The lowest BCUT2D eigenvalue weighted by Gasteiger charge is -2.08. The highest BCUT2D eigenvalue weighted by molar-refractivity contribution is 5.68. The molecule has 0 rings (SSSR count). The lowest BCUT2D eigenvalue weighted by molar-refractivity contribution is -0.140. The molecular formula is C19H36O4. The van der Waals surface area contributed by atoms with Crippen molar-refractivity contribution in [1.29, 1.82) is 0 Å². The van der Waals surface area contributed by atoms with Crippen LogP contribution in [0.1, 0.15) is 84.0 Å². The largest absolute Gasteiger partial charge is 0.469 e. The summed E-state index contributed by atoms with van der Waals surface area (Å²) in [6.45, 7) is 2.17. The summed E-state index contributed by atoms with van der Waals surface area (Å²) in [6.07, 6.45) is 14.2. The van der Waals surface area contributed by atoms with Crippen molar-refractivity contribution in [2.75, 3.05) is 7.11 Å². The van der Waals surface area contributed by atoms with Gasteiger partial charge in [-0.2, -0.15) is 0 Å².